The van der Waals surface area contributed by atoms with Crippen molar-refractivity contribution in [3.63, 3.8) is 0 Å². The molecule has 128 valence electrons. The van der Waals surface area contributed by atoms with Crippen LogP contribution in [-0.4, -0.2) is 43.9 Å². The van der Waals surface area contributed by atoms with E-state index in [2.05, 4.69) is 0 Å². The van der Waals surface area contributed by atoms with Crippen molar-refractivity contribution >= 4 is 15.7 Å². The Bertz CT molecular complexity index is 685. The van der Waals surface area contributed by atoms with E-state index in [1.807, 2.05) is 6.92 Å². The van der Waals surface area contributed by atoms with Crippen LogP contribution in [0, 0.1) is 23.0 Å². The molecular weight excluding hydrogens is 320 g/mol. The van der Waals surface area contributed by atoms with Gasteiger partial charge in [-0.2, -0.15) is 4.31 Å². The van der Waals surface area contributed by atoms with E-state index in [1.54, 1.807) is 13.0 Å². The molecule has 1 fully saturated rings. The highest BCUT2D eigenvalue weighted by molar-refractivity contribution is 7.89. The van der Waals surface area contributed by atoms with E-state index in [9.17, 15) is 18.5 Å². The van der Waals surface area contributed by atoms with E-state index in [0.717, 1.165) is 12.8 Å². The third kappa shape index (κ3) is 3.70. The number of nitrogens with zero attached hydrogens (tertiary/aromatic N) is 2. The summed E-state index contributed by atoms with van der Waals surface area (Å²) in [5.41, 5.74) is 0.0000255. The summed E-state index contributed by atoms with van der Waals surface area (Å²) >= 11 is 0. The SMILES string of the molecule is COCCN([C@@H](C)C1CC1)S(=O)(=O)c1c(C)cccc1[N+](=O)[O-]. The summed E-state index contributed by atoms with van der Waals surface area (Å²) in [6.07, 6.45) is 1.96. The van der Waals surface area contributed by atoms with Gasteiger partial charge in [0.25, 0.3) is 15.7 Å². The first-order valence-electron chi connectivity index (χ1n) is 7.55. The van der Waals surface area contributed by atoms with Crippen molar-refractivity contribution in [3.05, 3.63) is 33.9 Å². The molecule has 0 radical (unpaired) electrons. The normalized spacial score (nSPS) is 16.5. The number of ether oxygens (including phenoxy) is 1. The van der Waals surface area contributed by atoms with E-state index in [1.165, 1.54) is 23.5 Å². The Kier molecular flexibility index (Phi) is 5.38. The number of aryl methyl sites for hydroxylation is 1. The maximum Gasteiger partial charge on any atom is 0.289 e. The monoisotopic (exact) mass is 342 g/mol. The second-order valence-corrected chi connectivity index (χ2v) is 7.69. The summed E-state index contributed by atoms with van der Waals surface area (Å²) in [6, 6.07) is 4.11. The minimum Gasteiger partial charge on any atom is -0.383 e. The molecule has 1 aromatic carbocycles. The third-order valence-corrected chi connectivity index (χ3v) is 6.41. The lowest BCUT2D eigenvalue weighted by Crippen LogP contribution is -2.42. The second-order valence-electron chi connectivity index (χ2n) is 5.87. The fourth-order valence-electron chi connectivity index (χ4n) is 2.77. The van der Waals surface area contributed by atoms with Gasteiger partial charge in [-0.05, 0) is 38.2 Å². The van der Waals surface area contributed by atoms with Crippen LogP contribution in [0.3, 0.4) is 0 Å². The average Bonchev–Trinajstić information content (AvgIpc) is 3.31. The van der Waals surface area contributed by atoms with Crippen molar-refractivity contribution in [1.82, 2.24) is 4.31 Å². The van der Waals surface area contributed by atoms with Crippen molar-refractivity contribution in [1.29, 1.82) is 0 Å². The van der Waals surface area contributed by atoms with Crippen molar-refractivity contribution in [2.75, 3.05) is 20.3 Å². The van der Waals surface area contributed by atoms with Crippen molar-refractivity contribution < 1.29 is 18.1 Å². The van der Waals surface area contributed by atoms with Crippen LogP contribution >= 0.6 is 0 Å². The van der Waals surface area contributed by atoms with Crippen LogP contribution in [0.25, 0.3) is 0 Å². The topological polar surface area (TPSA) is 89.8 Å². The van der Waals surface area contributed by atoms with E-state index < -0.39 is 14.9 Å². The summed E-state index contributed by atoms with van der Waals surface area (Å²) in [5, 5.41) is 11.3. The molecule has 8 heteroatoms. The van der Waals surface area contributed by atoms with Crippen molar-refractivity contribution in [2.24, 2.45) is 5.92 Å². The third-order valence-electron chi connectivity index (χ3n) is 4.23. The first-order valence-corrected chi connectivity index (χ1v) is 8.99. The number of methoxy groups -OCH3 is 1. The maximum atomic E-state index is 13.1. The number of nitro benzene ring substituents is 1. The van der Waals surface area contributed by atoms with Gasteiger partial charge in [0.15, 0.2) is 4.90 Å². The number of hydrogen-bond acceptors (Lipinski definition) is 5. The first-order chi connectivity index (χ1) is 10.8. The molecule has 0 unspecified atom stereocenters. The van der Waals surface area contributed by atoms with Gasteiger partial charge in [-0.25, -0.2) is 8.42 Å². The molecule has 1 aliphatic carbocycles. The van der Waals surface area contributed by atoms with Crippen LogP contribution in [0.5, 0.6) is 0 Å². The number of benzene rings is 1. The van der Waals surface area contributed by atoms with Crippen LogP contribution in [-0.2, 0) is 14.8 Å². The van der Waals surface area contributed by atoms with Gasteiger partial charge in [0.2, 0.25) is 0 Å². The molecular formula is C15H22N2O5S. The lowest BCUT2D eigenvalue weighted by atomic mass is 10.2. The van der Waals surface area contributed by atoms with Gasteiger partial charge in [0.05, 0.1) is 11.5 Å². The quantitative estimate of drug-likeness (QED) is 0.534. The van der Waals surface area contributed by atoms with Crippen LogP contribution in [0.2, 0.25) is 0 Å². The van der Waals surface area contributed by atoms with Crippen LogP contribution in [0.15, 0.2) is 23.1 Å². The van der Waals surface area contributed by atoms with Gasteiger partial charge >= 0.3 is 0 Å². The minimum atomic E-state index is -3.97. The smallest absolute Gasteiger partial charge is 0.289 e. The Morgan fingerprint density at radius 2 is 2.09 bits per heavy atom. The zero-order valence-electron chi connectivity index (χ0n) is 13.6. The first kappa shape index (κ1) is 17.8. The van der Waals surface area contributed by atoms with E-state index in [4.69, 9.17) is 4.74 Å². The highest BCUT2D eigenvalue weighted by Crippen LogP contribution is 2.38. The zero-order valence-corrected chi connectivity index (χ0v) is 14.4. The predicted molar refractivity (Wildman–Crippen MR) is 85.8 cm³/mol. The molecule has 1 aliphatic rings. The highest BCUT2D eigenvalue weighted by Gasteiger charge is 2.41. The Morgan fingerprint density at radius 3 is 2.61 bits per heavy atom. The maximum absolute atomic E-state index is 13.1. The Labute approximate surface area is 136 Å². The van der Waals surface area contributed by atoms with E-state index >= 15 is 0 Å². The van der Waals surface area contributed by atoms with Crippen molar-refractivity contribution in [3.8, 4) is 0 Å². The zero-order chi connectivity index (χ0) is 17.2. The molecule has 0 aliphatic heterocycles. The number of nitro groups is 1. The average molecular weight is 342 g/mol. The Balaban J connectivity index is 2.51. The summed E-state index contributed by atoms with van der Waals surface area (Å²) in [4.78, 5) is 10.4. The number of hydrogen-bond donors (Lipinski definition) is 0. The molecule has 0 spiro atoms. The molecule has 0 saturated heterocycles. The van der Waals surface area contributed by atoms with Crippen LogP contribution in [0.4, 0.5) is 5.69 Å². The Hall–Kier alpha value is -1.51. The standard InChI is InChI=1S/C15H22N2O5S/c1-11-5-4-6-14(17(18)19)15(11)23(20,21)16(9-10-22-3)12(2)13-7-8-13/h4-6,12-13H,7-10H2,1-3H3/t12-/m0/s1. The van der Waals surface area contributed by atoms with Gasteiger partial charge in [-0.15, -0.1) is 0 Å². The molecule has 0 amide bonds. The van der Waals surface area contributed by atoms with Gasteiger partial charge < -0.3 is 4.74 Å². The van der Waals surface area contributed by atoms with Gasteiger partial charge in [0, 0.05) is 25.8 Å². The number of rotatable bonds is 8. The predicted octanol–water partition coefficient (Wildman–Crippen LogP) is 2.34. The molecule has 2 rings (SSSR count). The van der Waals surface area contributed by atoms with Crippen LogP contribution < -0.4 is 0 Å². The largest absolute Gasteiger partial charge is 0.383 e. The molecule has 1 atom stereocenters. The van der Waals surface area contributed by atoms with E-state index in [-0.39, 0.29) is 29.8 Å². The molecule has 0 bridgehead atoms. The molecule has 7 nitrogen and oxygen atoms in total. The highest BCUT2D eigenvalue weighted by atomic mass is 32.2. The van der Waals surface area contributed by atoms with E-state index in [0.29, 0.717) is 11.5 Å². The number of sulfonamides is 1. The fourth-order valence-corrected chi connectivity index (χ4v) is 4.81. The van der Waals surface area contributed by atoms with Crippen LogP contribution in [0.1, 0.15) is 25.3 Å². The Morgan fingerprint density at radius 1 is 1.43 bits per heavy atom. The van der Waals surface area contributed by atoms with Gasteiger partial charge in [-0.1, -0.05) is 12.1 Å². The summed E-state index contributed by atoms with van der Waals surface area (Å²) in [6.45, 7) is 3.86. The molecule has 1 aromatic rings. The molecule has 0 aromatic heterocycles. The van der Waals surface area contributed by atoms with Crippen molar-refractivity contribution in [2.45, 2.75) is 37.6 Å². The molecule has 23 heavy (non-hydrogen) atoms. The van der Waals surface area contributed by atoms with Gasteiger partial charge in [-0.3, -0.25) is 10.1 Å². The lowest BCUT2D eigenvalue weighted by molar-refractivity contribution is -0.387. The molecule has 1 saturated carbocycles. The summed E-state index contributed by atoms with van der Waals surface area (Å²) < 4.78 is 32.6. The minimum absolute atomic E-state index is 0.183. The van der Waals surface area contributed by atoms with Gasteiger partial charge in [0.1, 0.15) is 0 Å². The summed E-state index contributed by atoms with van der Waals surface area (Å²) in [5.74, 6) is 0.310. The second kappa shape index (κ2) is 6.94. The molecule has 0 heterocycles. The lowest BCUT2D eigenvalue weighted by Gasteiger charge is -2.28. The summed E-state index contributed by atoms with van der Waals surface area (Å²) in [7, 11) is -2.47. The molecule has 0 N–H and O–H groups in total. The fraction of sp³-hybridized carbons (Fsp3) is 0.600.